The van der Waals surface area contributed by atoms with E-state index in [0.717, 1.165) is 5.56 Å². The molecule has 2 heterocycles. The van der Waals surface area contributed by atoms with Crippen LogP contribution in [-0.4, -0.2) is 43.8 Å². The molecule has 1 aromatic carbocycles. The molecule has 0 bridgehead atoms. The standard InChI is InChI=1S/C19H21Cl2N3O4S/c1-28-19-14(4-3-9-22-19)12-23-18(25)13-7-10-24(11-8-13)29(26,27)17-15(20)5-2-6-16(17)21/h2-6,9,13H,7-8,10-12H2,1H3,(H,23,25). The summed E-state index contributed by atoms with van der Waals surface area (Å²) in [5.74, 6) is 0.0693. The van der Waals surface area contributed by atoms with Gasteiger partial charge in [0.15, 0.2) is 0 Å². The highest BCUT2D eigenvalue weighted by molar-refractivity contribution is 7.89. The predicted molar refractivity (Wildman–Crippen MR) is 111 cm³/mol. The number of aromatic nitrogens is 1. The van der Waals surface area contributed by atoms with Crippen LogP contribution in [-0.2, 0) is 21.4 Å². The van der Waals surface area contributed by atoms with Crippen molar-refractivity contribution < 1.29 is 17.9 Å². The molecule has 0 spiro atoms. The first-order valence-corrected chi connectivity index (χ1v) is 11.2. The molecule has 0 radical (unpaired) electrons. The van der Waals surface area contributed by atoms with Crippen molar-refractivity contribution in [3.05, 3.63) is 52.1 Å². The number of hydrogen-bond donors (Lipinski definition) is 1. The second kappa shape index (κ2) is 9.30. The minimum Gasteiger partial charge on any atom is -0.481 e. The number of rotatable bonds is 6. The number of halogens is 2. The summed E-state index contributed by atoms with van der Waals surface area (Å²) in [5, 5.41) is 3.05. The van der Waals surface area contributed by atoms with Crippen molar-refractivity contribution in [2.45, 2.75) is 24.3 Å². The summed E-state index contributed by atoms with van der Waals surface area (Å²) >= 11 is 12.1. The second-order valence-corrected chi connectivity index (χ2v) is 9.31. The van der Waals surface area contributed by atoms with E-state index in [-0.39, 0.29) is 39.9 Å². The zero-order valence-electron chi connectivity index (χ0n) is 15.8. The fourth-order valence-electron chi connectivity index (χ4n) is 3.29. The van der Waals surface area contributed by atoms with Gasteiger partial charge in [0.25, 0.3) is 0 Å². The molecule has 0 atom stereocenters. The maximum absolute atomic E-state index is 12.9. The lowest BCUT2D eigenvalue weighted by Crippen LogP contribution is -2.43. The molecule has 3 rings (SSSR count). The summed E-state index contributed by atoms with van der Waals surface area (Å²) < 4.78 is 32.4. The highest BCUT2D eigenvalue weighted by Gasteiger charge is 2.34. The third kappa shape index (κ3) is 4.83. The number of benzene rings is 1. The van der Waals surface area contributed by atoms with Crippen LogP contribution in [0.15, 0.2) is 41.4 Å². The van der Waals surface area contributed by atoms with Crippen molar-refractivity contribution in [3.8, 4) is 5.88 Å². The highest BCUT2D eigenvalue weighted by Crippen LogP contribution is 2.33. The van der Waals surface area contributed by atoms with Gasteiger partial charge < -0.3 is 10.1 Å². The van der Waals surface area contributed by atoms with Gasteiger partial charge in [-0.25, -0.2) is 13.4 Å². The smallest absolute Gasteiger partial charge is 0.246 e. The molecule has 0 unspecified atom stereocenters. The number of carbonyl (C=O) groups is 1. The van der Waals surface area contributed by atoms with Crippen LogP contribution < -0.4 is 10.1 Å². The molecule has 156 valence electrons. The van der Waals surface area contributed by atoms with Crippen LogP contribution in [0.3, 0.4) is 0 Å². The molecule has 7 nitrogen and oxygen atoms in total. The van der Waals surface area contributed by atoms with Gasteiger partial charge in [-0.2, -0.15) is 4.31 Å². The molecule has 1 aromatic heterocycles. The first kappa shape index (κ1) is 21.8. The molecule has 10 heteroatoms. The van der Waals surface area contributed by atoms with Gasteiger partial charge in [0.1, 0.15) is 4.90 Å². The van der Waals surface area contributed by atoms with E-state index in [1.54, 1.807) is 18.3 Å². The SMILES string of the molecule is COc1ncccc1CNC(=O)C1CCN(S(=O)(=O)c2c(Cl)cccc2Cl)CC1. The van der Waals surface area contributed by atoms with Gasteiger partial charge >= 0.3 is 0 Å². The molecule has 2 aromatic rings. The van der Waals surface area contributed by atoms with E-state index in [0.29, 0.717) is 25.3 Å². The molecular weight excluding hydrogens is 437 g/mol. The monoisotopic (exact) mass is 457 g/mol. The van der Waals surface area contributed by atoms with Crippen LogP contribution >= 0.6 is 23.2 Å². The lowest BCUT2D eigenvalue weighted by molar-refractivity contribution is -0.126. The van der Waals surface area contributed by atoms with Gasteiger partial charge in [-0.05, 0) is 31.0 Å². The van der Waals surface area contributed by atoms with Crippen LogP contribution in [0.4, 0.5) is 0 Å². The molecule has 29 heavy (non-hydrogen) atoms. The third-order valence-electron chi connectivity index (χ3n) is 4.84. The minimum atomic E-state index is -3.82. The van der Waals surface area contributed by atoms with Crippen LogP contribution in [0, 0.1) is 5.92 Å². The van der Waals surface area contributed by atoms with Crippen molar-refractivity contribution in [2.24, 2.45) is 5.92 Å². The van der Waals surface area contributed by atoms with Gasteiger partial charge in [0.05, 0.1) is 17.2 Å². The molecule has 1 fully saturated rings. The number of pyridine rings is 1. The predicted octanol–water partition coefficient (Wildman–Crippen LogP) is 3.11. The van der Waals surface area contributed by atoms with E-state index >= 15 is 0 Å². The van der Waals surface area contributed by atoms with Crippen molar-refractivity contribution in [1.82, 2.24) is 14.6 Å². The number of sulfonamides is 1. The number of carbonyl (C=O) groups excluding carboxylic acids is 1. The Bertz CT molecular complexity index is 972. The van der Waals surface area contributed by atoms with Crippen LogP contribution in [0.2, 0.25) is 10.0 Å². The van der Waals surface area contributed by atoms with Gasteiger partial charge in [-0.15, -0.1) is 0 Å². The fourth-order valence-corrected chi connectivity index (χ4v) is 5.85. The zero-order chi connectivity index (χ0) is 21.0. The average Bonchev–Trinajstić information content (AvgIpc) is 2.72. The Morgan fingerprint density at radius 1 is 1.21 bits per heavy atom. The van der Waals surface area contributed by atoms with Gasteiger partial charge in [0, 0.05) is 37.3 Å². The maximum atomic E-state index is 12.9. The molecular formula is C19H21Cl2N3O4S. The number of methoxy groups -OCH3 is 1. The lowest BCUT2D eigenvalue weighted by Gasteiger charge is -2.31. The van der Waals surface area contributed by atoms with Crippen molar-refractivity contribution in [2.75, 3.05) is 20.2 Å². The number of nitrogens with one attached hydrogen (secondary N) is 1. The van der Waals surface area contributed by atoms with E-state index in [2.05, 4.69) is 10.3 Å². The molecule has 1 saturated heterocycles. The van der Waals surface area contributed by atoms with E-state index in [9.17, 15) is 13.2 Å². The lowest BCUT2D eigenvalue weighted by atomic mass is 9.97. The average molecular weight is 458 g/mol. The van der Waals surface area contributed by atoms with Gasteiger partial charge in [-0.1, -0.05) is 35.3 Å². The van der Waals surface area contributed by atoms with Crippen molar-refractivity contribution in [1.29, 1.82) is 0 Å². The molecule has 0 saturated carbocycles. The quantitative estimate of drug-likeness (QED) is 0.719. The van der Waals surface area contributed by atoms with E-state index in [1.807, 2.05) is 6.07 Å². The van der Waals surface area contributed by atoms with E-state index in [1.165, 1.54) is 23.5 Å². The fraction of sp³-hybridized carbons (Fsp3) is 0.368. The number of piperidine rings is 1. The molecule has 1 N–H and O–H groups in total. The highest BCUT2D eigenvalue weighted by atomic mass is 35.5. The van der Waals surface area contributed by atoms with Gasteiger partial charge in [-0.3, -0.25) is 4.79 Å². The van der Waals surface area contributed by atoms with Crippen LogP contribution in [0.25, 0.3) is 0 Å². The Hall–Kier alpha value is -1.87. The number of nitrogens with zero attached hydrogens (tertiary/aromatic N) is 2. The summed E-state index contributed by atoms with van der Waals surface area (Å²) in [5.41, 5.74) is 0.775. The summed E-state index contributed by atoms with van der Waals surface area (Å²) in [6, 6.07) is 8.18. The van der Waals surface area contributed by atoms with E-state index < -0.39 is 10.0 Å². The maximum Gasteiger partial charge on any atom is 0.246 e. The minimum absolute atomic E-state index is 0.0859. The summed E-state index contributed by atoms with van der Waals surface area (Å²) in [4.78, 5) is 16.5. The first-order valence-electron chi connectivity index (χ1n) is 9.04. The van der Waals surface area contributed by atoms with Gasteiger partial charge in [0.2, 0.25) is 21.8 Å². The Kier molecular flexibility index (Phi) is 7.00. The first-order chi connectivity index (χ1) is 13.8. The molecule has 1 aliphatic heterocycles. The van der Waals surface area contributed by atoms with Crippen molar-refractivity contribution >= 4 is 39.1 Å². The Balaban J connectivity index is 1.61. The van der Waals surface area contributed by atoms with Crippen LogP contribution in [0.5, 0.6) is 5.88 Å². The third-order valence-corrected chi connectivity index (χ3v) is 7.69. The second-order valence-electron chi connectivity index (χ2n) is 6.62. The Morgan fingerprint density at radius 3 is 2.48 bits per heavy atom. The summed E-state index contributed by atoms with van der Waals surface area (Å²) in [6.07, 6.45) is 2.44. The van der Waals surface area contributed by atoms with Crippen molar-refractivity contribution in [3.63, 3.8) is 0 Å². The summed E-state index contributed by atoms with van der Waals surface area (Å²) in [6.45, 7) is 0.736. The Labute approximate surface area is 180 Å². The molecule has 1 aliphatic rings. The number of ether oxygens (including phenoxy) is 1. The number of amides is 1. The topological polar surface area (TPSA) is 88.6 Å². The molecule has 0 aliphatic carbocycles. The Morgan fingerprint density at radius 2 is 1.86 bits per heavy atom. The van der Waals surface area contributed by atoms with Crippen LogP contribution in [0.1, 0.15) is 18.4 Å². The van der Waals surface area contributed by atoms with E-state index in [4.69, 9.17) is 27.9 Å². The summed E-state index contributed by atoms with van der Waals surface area (Å²) in [7, 11) is -2.30. The zero-order valence-corrected chi connectivity index (χ0v) is 18.1. The molecule has 1 amide bonds. The number of hydrogen-bond acceptors (Lipinski definition) is 5. The normalized spacial score (nSPS) is 15.8. The largest absolute Gasteiger partial charge is 0.481 e.